The number of nitrogens with two attached hydrogens (primary N) is 1. The van der Waals surface area contributed by atoms with Crippen molar-refractivity contribution in [2.75, 3.05) is 6.61 Å². The van der Waals surface area contributed by atoms with E-state index in [0.717, 1.165) is 13.0 Å². The van der Waals surface area contributed by atoms with Crippen molar-refractivity contribution in [3.63, 3.8) is 0 Å². The van der Waals surface area contributed by atoms with Crippen LogP contribution in [0, 0.1) is 0 Å². The number of unbranched alkanes of at least 4 members (excludes halogenated alkanes) is 1. The van der Waals surface area contributed by atoms with Crippen LogP contribution in [-0.2, 0) is 4.74 Å². The summed E-state index contributed by atoms with van der Waals surface area (Å²) in [7, 11) is 0. The first-order chi connectivity index (χ1) is 3.77. The van der Waals surface area contributed by atoms with Crippen molar-refractivity contribution in [2.45, 2.75) is 32.9 Å². The SMILES string of the molecule is CCCCOC(C)N. The molecule has 0 heterocycles. The fourth-order valence-electron chi connectivity index (χ4n) is 0.414. The van der Waals surface area contributed by atoms with E-state index in [9.17, 15) is 0 Å². The Balaban J connectivity index is 2.72. The molecule has 50 valence electrons. The lowest BCUT2D eigenvalue weighted by molar-refractivity contribution is 0.0686. The minimum Gasteiger partial charge on any atom is -0.364 e. The number of ether oxygens (including phenoxy) is 1. The number of rotatable bonds is 4. The molecule has 0 bridgehead atoms. The normalized spacial score (nSPS) is 13.9. The summed E-state index contributed by atoms with van der Waals surface area (Å²) in [5.74, 6) is 0. The zero-order chi connectivity index (χ0) is 6.41. The summed E-state index contributed by atoms with van der Waals surface area (Å²) >= 11 is 0. The van der Waals surface area contributed by atoms with E-state index in [1.165, 1.54) is 6.42 Å². The highest BCUT2D eigenvalue weighted by Gasteiger charge is 1.89. The largest absolute Gasteiger partial charge is 0.364 e. The van der Waals surface area contributed by atoms with Crippen molar-refractivity contribution in [3.05, 3.63) is 0 Å². The zero-order valence-electron chi connectivity index (χ0n) is 5.68. The van der Waals surface area contributed by atoms with Crippen LogP contribution in [0.5, 0.6) is 0 Å². The van der Waals surface area contributed by atoms with Crippen molar-refractivity contribution >= 4 is 0 Å². The summed E-state index contributed by atoms with van der Waals surface area (Å²) in [6.45, 7) is 4.77. The van der Waals surface area contributed by atoms with Gasteiger partial charge < -0.3 is 10.5 Å². The fraction of sp³-hybridized carbons (Fsp3) is 1.00. The van der Waals surface area contributed by atoms with E-state index in [2.05, 4.69) is 6.92 Å². The van der Waals surface area contributed by atoms with Gasteiger partial charge in [-0.15, -0.1) is 0 Å². The van der Waals surface area contributed by atoms with Crippen molar-refractivity contribution in [2.24, 2.45) is 5.73 Å². The van der Waals surface area contributed by atoms with Gasteiger partial charge >= 0.3 is 0 Å². The van der Waals surface area contributed by atoms with Gasteiger partial charge in [-0.1, -0.05) is 13.3 Å². The Labute approximate surface area is 51.0 Å². The highest BCUT2D eigenvalue weighted by Crippen LogP contribution is 1.88. The van der Waals surface area contributed by atoms with Gasteiger partial charge in [-0.3, -0.25) is 0 Å². The third kappa shape index (κ3) is 5.92. The minimum atomic E-state index is -0.0958. The highest BCUT2D eigenvalue weighted by atomic mass is 16.5. The van der Waals surface area contributed by atoms with Crippen LogP contribution in [0.2, 0.25) is 0 Å². The standard InChI is InChI=1S/C6H15NO/c1-3-4-5-8-6(2)7/h6H,3-5,7H2,1-2H3. The molecular weight excluding hydrogens is 102 g/mol. The van der Waals surface area contributed by atoms with Crippen LogP contribution >= 0.6 is 0 Å². The lowest BCUT2D eigenvalue weighted by atomic mass is 10.4. The van der Waals surface area contributed by atoms with E-state index >= 15 is 0 Å². The van der Waals surface area contributed by atoms with Crippen LogP contribution in [0.3, 0.4) is 0 Å². The summed E-state index contributed by atoms with van der Waals surface area (Å²) in [6.07, 6.45) is 2.19. The second-order valence-electron chi connectivity index (χ2n) is 1.93. The maximum Gasteiger partial charge on any atom is 0.102 e. The van der Waals surface area contributed by atoms with Crippen LogP contribution < -0.4 is 5.73 Å². The number of hydrogen-bond donors (Lipinski definition) is 1. The molecule has 0 aliphatic rings. The fourth-order valence-corrected chi connectivity index (χ4v) is 0.414. The van der Waals surface area contributed by atoms with Crippen molar-refractivity contribution in [1.29, 1.82) is 0 Å². The summed E-state index contributed by atoms with van der Waals surface area (Å²) in [5.41, 5.74) is 5.31. The first-order valence-corrected chi connectivity index (χ1v) is 3.14. The maximum atomic E-state index is 5.31. The van der Waals surface area contributed by atoms with Crippen LogP contribution in [0.25, 0.3) is 0 Å². The lowest BCUT2D eigenvalue weighted by Gasteiger charge is -2.04. The monoisotopic (exact) mass is 117 g/mol. The molecule has 0 radical (unpaired) electrons. The highest BCUT2D eigenvalue weighted by molar-refractivity contribution is 4.34. The van der Waals surface area contributed by atoms with Gasteiger partial charge in [0.05, 0.1) is 0 Å². The second kappa shape index (κ2) is 5.06. The molecule has 2 nitrogen and oxygen atoms in total. The Morgan fingerprint density at radius 2 is 2.25 bits per heavy atom. The van der Waals surface area contributed by atoms with Gasteiger partial charge in [0.15, 0.2) is 0 Å². The molecule has 1 unspecified atom stereocenters. The van der Waals surface area contributed by atoms with Crippen molar-refractivity contribution in [3.8, 4) is 0 Å². The van der Waals surface area contributed by atoms with Gasteiger partial charge in [0.1, 0.15) is 6.23 Å². The van der Waals surface area contributed by atoms with Crippen molar-refractivity contribution in [1.82, 2.24) is 0 Å². The molecule has 2 N–H and O–H groups in total. The van der Waals surface area contributed by atoms with Gasteiger partial charge in [0.25, 0.3) is 0 Å². The van der Waals surface area contributed by atoms with Crippen LogP contribution in [0.4, 0.5) is 0 Å². The van der Waals surface area contributed by atoms with Gasteiger partial charge in [-0.05, 0) is 13.3 Å². The molecule has 0 amide bonds. The van der Waals surface area contributed by atoms with E-state index in [1.807, 2.05) is 6.92 Å². The Bertz CT molecular complexity index is 45.8. The zero-order valence-corrected chi connectivity index (χ0v) is 5.68. The molecule has 2 heteroatoms. The Morgan fingerprint density at radius 3 is 2.62 bits per heavy atom. The van der Waals surface area contributed by atoms with E-state index in [1.54, 1.807) is 0 Å². The molecule has 0 fully saturated rings. The molecule has 0 rings (SSSR count). The van der Waals surface area contributed by atoms with Crippen LogP contribution in [0.15, 0.2) is 0 Å². The predicted molar refractivity (Wildman–Crippen MR) is 34.5 cm³/mol. The summed E-state index contributed by atoms with van der Waals surface area (Å²) in [5, 5.41) is 0. The average molecular weight is 117 g/mol. The molecule has 1 atom stereocenters. The molecule has 0 aromatic heterocycles. The molecule has 0 saturated heterocycles. The molecular formula is C6H15NO. The van der Waals surface area contributed by atoms with E-state index in [4.69, 9.17) is 10.5 Å². The Hall–Kier alpha value is -0.0800. The van der Waals surface area contributed by atoms with Gasteiger partial charge in [0.2, 0.25) is 0 Å². The van der Waals surface area contributed by atoms with E-state index < -0.39 is 0 Å². The van der Waals surface area contributed by atoms with Crippen LogP contribution in [-0.4, -0.2) is 12.8 Å². The molecule has 0 spiro atoms. The van der Waals surface area contributed by atoms with Crippen LogP contribution in [0.1, 0.15) is 26.7 Å². The second-order valence-corrected chi connectivity index (χ2v) is 1.93. The maximum absolute atomic E-state index is 5.31. The Morgan fingerprint density at radius 1 is 1.62 bits per heavy atom. The lowest BCUT2D eigenvalue weighted by Crippen LogP contribution is -2.19. The molecule has 0 aromatic rings. The third-order valence-electron chi connectivity index (χ3n) is 0.879. The average Bonchev–Trinajstić information content (AvgIpc) is 1.66. The molecule has 8 heavy (non-hydrogen) atoms. The first-order valence-electron chi connectivity index (χ1n) is 3.14. The van der Waals surface area contributed by atoms with Crippen molar-refractivity contribution < 1.29 is 4.74 Å². The first kappa shape index (κ1) is 7.92. The molecule has 0 aliphatic heterocycles. The summed E-state index contributed by atoms with van der Waals surface area (Å²) < 4.78 is 5.06. The molecule has 0 saturated carbocycles. The molecule has 0 aliphatic carbocycles. The van der Waals surface area contributed by atoms with E-state index in [0.29, 0.717) is 0 Å². The van der Waals surface area contributed by atoms with E-state index in [-0.39, 0.29) is 6.23 Å². The minimum absolute atomic E-state index is 0.0958. The summed E-state index contributed by atoms with van der Waals surface area (Å²) in [6, 6.07) is 0. The van der Waals surface area contributed by atoms with Gasteiger partial charge in [-0.2, -0.15) is 0 Å². The van der Waals surface area contributed by atoms with Gasteiger partial charge in [-0.25, -0.2) is 0 Å². The smallest absolute Gasteiger partial charge is 0.102 e. The Kier molecular flexibility index (Phi) is 5.01. The molecule has 0 aromatic carbocycles. The quantitative estimate of drug-likeness (QED) is 0.442. The summed E-state index contributed by atoms with van der Waals surface area (Å²) in [4.78, 5) is 0. The number of hydrogen-bond acceptors (Lipinski definition) is 2. The van der Waals surface area contributed by atoms with Gasteiger partial charge in [0, 0.05) is 6.61 Å². The third-order valence-corrected chi connectivity index (χ3v) is 0.879. The topological polar surface area (TPSA) is 35.2 Å². The predicted octanol–water partition coefficient (Wildman–Crippen LogP) is 1.11.